The maximum Gasteiger partial charge on any atom is 0.316 e. The molecule has 1 amide bonds. The Labute approximate surface area is 165 Å². The van der Waals surface area contributed by atoms with Gasteiger partial charge in [-0.05, 0) is 49.2 Å². The van der Waals surface area contributed by atoms with E-state index in [1.54, 1.807) is 24.3 Å². The van der Waals surface area contributed by atoms with Gasteiger partial charge in [0.15, 0.2) is 0 Å². The summed E-state index contributed by atoms with van der Waals surface area (Å²) in [6.07, 6.45) is 0. The van der Waals surface area contributed by atoms with Gasteiger partial charge in [0.2, 0.25) is 0 Å². The van der Waals surface area contributed by atoms with Crippen LogP contribution < -0.4 is 5.32 Å². The van der Waals surface area contributed by atoms with Crippen molar-refractivity contribution >= 4 is 17.6 Å². The molecule has 4 nitrogen and oxygen atoms in total. The normalized spacial score (nSPS) is 10.9. The fraction of sp³-hybridized carbons (Fsp3) is 0.167. The molecule has 0 bridgehead atoms. The molecule has 0 atom stereocenters. The first kappa shape index (κ1) is 19.4. The first-order chi connectivity index (χ1) is 13.5. The van der Waals surface area contributed by atoms with Crippen LogP contribution in [0.3, 0.4) is 0 Å². The van der Waals surface area contributed by atoms with Crippen molar-refractivity contribution in [2.24, 2.45) is 0 Å². The molecule has 0 aliphatic rings. The second kappa shape index (κ2) is 8.53. The summed E-state index contributed by atoms with van der Waals surface area (Å²) in [5, 5.41) is 2.84. The Morgan fingerprint density at radius 3 is 2.00 bits per heavy atom. The molecule has 0 aliphatic heterocycles. The van der Waals surface area contributed by atoms with Crippen molar-refractivity contribution in [2.45, 2.75) is 25.9 Å². The third-order valence-electron chi connectivity index (χ3n) is 4.62. The Morgan fingerprint density at radius 1 is 0.821 bits per heavy atom. The van der Waals surface area contributed by atoms with E-state index in [0.29, 0.717) is 5.56 Å². The zero-order valence-electron chi connectivity index (χ0n) is 16.0. The molecule has 0 unspecified atom stereocenters. The predicted molar refractivity (Wildman–Crippen MR) is 110 cm³/mol. The molecule has 3 aromatic rings. The summed E-state index contributed by atoms with van der Waals surface area (Å²) in [6.45, 7) is 3.86. The van der Waals surface area contributed by atoms with Crippen LogP contribution in [0.4, 0.5) is 5.69 Å². The molecule has 0 aromatic heterocycles. The van der Waals surface area contributed by atoms with Crippen molar-refractivity contribution in [2.75, 3.05) is 5.32 Å². The number of nitrogens with one attached hydrogen (secondary N) is 1. The molecule has 0 saturated heterocycles. The molecule has 0 heterocycles. The van der Waals surface area contributed by atoms with E-state index in [0.717, 1.165) is 16.8 Å². The van der Waals surface area contributed by atoms with Gasteiger partial charge in [0.1, 0.15) is 6.61 Å². The molecule has 0 saturated carbocycles. The number of carbonyl (C=O) groups excluding carboxylic acids is 2. The van der Waals surface area contributed by atoms with Crippen LogP contribution in [0.25, 0.3) is 0 Å². The van der Waals surface area contributed by atoms with E-state index in [1.807, 2.05) is 74.5 Å². The molecule has 3 rings (SSSR count). The second-order valence-electron chi connectivity index (χ2n) is 7.08. The Kier molecular flexibility index (Phi) is 5.90. The van der Waals surface area contributed by atoms with Gasteiger partial charge >= 0.3 is 5.97 Å². The van der Waals surface area contributed by atoms with Crippen LogP contribution in [-0.4, -0.2) is 11.9 Å². The highest BCUT2D eigenvalue weighted by Gasteiger charge is 2.31. The first-order valence-electron chi connectivity index (χ1n) is 9.15. The summed E-state index contributed by atoms with van der Waals surface area (Å²) >= 11 is 0. The molecule has 0 fully saturated rings. The third kappa shape index (κ3) is 4.65. The second-order valence-corrected chi connectivity index (χ2v) is 7.08. The summed E-state index contributed by atoms with van der Waals surface area (Å²) < 4.78 is 5.50. The first-order valence-corrected chi connectivity index (χ1v) is 9.15. The molecule has 28 heavy (non-hydrogen) atoms. The van der Waals surface area contributed by atoms with E-state index in [1.165, 1.54) is 0 Å². The van der Waals surface area contributed by atoms with Crippen molar-refractivity contribution < 1.29 is 14.3 Å². The van der Waals surface area contributed by atoms with Gasteiger partial charge in [-0.1, -0.05) is 60.7 Å². The fourth-order valence-corrected chi connectivity index (χ4v) is 2.78. The number of hydrogen-bond acceptors (Lipinski definition) is 3. The van der Waals surface area contributed by atoms with Gasteiger partial charge in [0.05, 0.1) is 5.41 Å². The highest BCUT2D eigenvalue weighted by atomic mass is 16.5. The van der Waals surface area contributed by atoms with Crippen molar-refractivity contribution in [3.05, 3.63) is 102 Å². The maximum absolute atomic E-state index is 12.5. The van der Waals surface area contributed by atoms with Crippen LogP contribution >= 0.6 is 0 Å². The third-order valence-corrected chi connectivity index (χ3v) is 4.62. The van der Waals surface area contributed by atoms with Crippen LogP contribution in [0.5, 0.6) is 0 Å². The van der Waals surface area contributed by atoms with Gasteiger partial charge in [-0.3, -0.25) is 9.59 Å². The van der Waals surface area contributed by atoms with E-state index >= 15 is 0 Å². The van der Waals surface area contributed by atoms with Gasteiger partial charge in [0.25, 0.3) is 5.91 Å². The lowest BCUT2D eigenvalue weighted by Gasteiger charge is -2.23. The Morgan fingerprint density at radius 2 is 1.39 bits per heavy atom. The predicted octanol–water partition coefficient (Wildman–Crippen LogP) is 4.96. The van der Waals surface area contributed by atoms with Crippen molar-refractivity contribution in [1.29, 1.82) is 0 Å². The highest BCUT2D eigenvalue weighted by molar-refractivity contribution is 6.04. The number of amides is 1. The van der Waals surface area contributed by atoms with E-state index in [2.05, 4.69) is 5.32 Å². The molecule has 142 valence electrons. The number of rotatable bonds is 6. The summed E-state index contributed by atoms with van der Waals surface area (Å²) in [4.78, 5) is 24.8. The van der Waals surface area contributed by atoms with Gasteiger partial charge in [-0.15, -0.1) is 0 Å². The van der Waals surface area contributed by atoms with Crippen LogP contribution in [0.15, 0.2) is 84.9 Å². The summed E-state index contributed by atoms with van der Waals surface area (Å²) in [5.74, 6) is -0.468. The topological polar surface area (TPSA) is 55.4 Å². The molecule has 0 aliphatic carbocycles. The molecule has 0 radical (unpaired) electrons. The highest BCUT2D eigenvalue weighted by Crippen LogP contribution is 2.25. The summed E-state index contributed by atoms with van der Waals surface area (Å²) in [6, 6.07) is 25.9. The lowest BCUT2D eigenvalue weighted by Crippen LogP contribution is -2.30. The number of anilines is 1. The smallest absolute Gasteiger partial charge is 0.316 e. The zero-order chi connectivity index (χ0) is 20.0. The largest absolute Gasteiger partial charge is 0.460 e. The minimum atomic E-state index is -0.725. The lowest BCUT2D eigenvalue weighted by atomic mass is 9.85. The number of hydrogen-bond donors (Lipinski definition) is 1. The van der Waals surface area contributed by atoms with Gasteiger partial charge < -0.3 is 10.1 Å². The Hall–Kier alpha value is -3.40. The zero-order valence-corrected chi connectivity index (χ0v) is 16.0. The Balaban J connectivity index is 1.58. The van der Waals surface area contributed by atoms with Crippen molar-refractivity contribution in [3.63, 3.8) is 0 Å². The lowest BCUT2D eigenvalue weighted by molar-refractivity contribution is -0.150. The number of ether oxygens (including phenoxy) is 1. The molecule has 1 N–H and O–H groups in total. The summed E-state index contributed by atoms with van der Waals surface area (Å²) in [5.41, 5.74) is 2.30. The number of esters is 1. The summed E-state index contributed by atoms with van der Waals surface area (Å²) in [7, 11) is 0. The van der Waals surface area contributed by atoms with Gasteiger partial charge in [-0.2, -0.15) is 0 Å². The quantitative estimate of drug-likeness (QED) is 0.621. The van der Waals surface area contributed by atoms with Crippen LogP contribution in [0, 0.1) is 0 Å². The van der Waals surface area contributed by atoms with Crippen LogP contribution in [-0.2, 0) is 21.6 Å². The van der Waals surface area contributed by atoms with E-state index < -0.39 is 5.41 Å². The van der Waals surface area contributed by atoms with Crippen molar-refractivity contribution in [1.82, 2.24) is 0 Å². The Bertz CT molecular complexity index is 933. The standard InChI is InChI=1S/C24H23NO3/c1-24(2,20-9-5-3-6-10-20)23(27)28-17-18-13-15-19(16-14-18)22(26)25-21-11-7-4-8-12-21/h3-16H,17H2,1-2H3,(H,25,26). The SMILES string of the molecule is CC(C)(C(=O)OCc1ccc(C(=O)Nc2ccccc2)cc1)c1ccccc1. The molecule has 4 heteroatoms. The van der Waals surface area contributed by atoms with E-state index in [9.17, 15) is 9.59 Å². The van der Waals surface area contributed by atoms with Crippen molar-refractivity contribution in [3.8, 4) is 0 Å². The molecular formula is C24H23NO3. The molecule has 0 spiro atoms. The number of para-hydroxylation sites is 1. The van der Waals surface area contributed by atoms with E-state index in [4.69, 9.17) is 4.74 Å². The minimum Gasteiger partial charge on any atom is -0.460 e. The molecular weight excluding hydrogens is 350 g/mol. The fourth-order valence-electron chi connectivity index (χ4n) is 2.78. The average molecular weight is 373 g/mol. The molecule has 3 aromatic carbocycles. The number of benzene rings is 3. The van der Waals surface area contributed by atoms with Gasteiger partial charge in [0, 0.05) is 11.3 Å². The minimum absolute atomic E-state index is 0.162. The van der Waals surface area contributed by atoms with E-state index in [-0.39, 0.29) is 18.5 Å². The van der Waals surface area contributed by atoms with Gasteiger partial charge in [-0.25, -0.2) is 0 Å². The number of carbonyl (C=O) groups is 2. The van der Waals surface area contributed by atoms with Crippen LogP contribution in [0.2, 0.25) is 0 Å². The average Bonchev–Trinajstić information content (AvgIpc) is 2.73. The monoisotopic (exact) mass is 373 g/mol. The maximum atomic E-state index is 12.5. The van der Waals surface area contributed by atoms with Crippen LogP contribution in [0.1, 0.15) is 35.3 Å².